The number of ether oxygens (including phenoxy) is 1. The maximum atomic E-state index is 13.3. The van der Waals surface area contributed by atoms with Gasteiger partial charge < -0.3 is 19.8 Å². The predicted octanol–water partition coefficient (Wildman–Crippen LogP) is 3.09. The summed E-state index contributed by atoms with van der Waals surface area (Å²) in [4.78, 5) is 28.6. The minimum atomic E-state index is -4.12. The van der Waals surface area contributed by atoms with Crippen LogP contribution in [-0.4, -0.2) is 49.7 Å². The highest BCUT2D eigenvalue weighted by Gasteiger charge is 2.28. The number of sulfone groups is 1. The van der Waals surface area contributed by atoms with Gasteiger partial charge in [-0.3, -0.25) is 0 Å². The van der Waals surface area contributed by atoms with Crippen molar-refractivity contribution in [2.45, 2.75) is 9.92 Å². The normalized spacial score (nSPS) is 11.0. The van der Waals surface area contributed by atoms with Crippen LogP contribution < -0.4 is 9.64 Å². The third-order valence-corrected chi connectivity index (χ3v) is 6.29. The summed E-state index contributed by atoms with van der Waals surface area (Å²) in [6.45, 7) is 0. The number of rotatable bonds is 7. The molecule has 0 saturated heterocycles. The summed E-state index contributed by atoms with van der Waals surface area (Å²) in [7, 11) is -1.28. The number of para-hydroxylation sites is 1. The summed E-state index contributed by atoms with van der Waals surface area (Å²) < 4.78 is 31.6. The summed E-state index contributed by atoms with van der Waals surface area (Å²) in [5.74, 6) is -2.24. The highest BCUT2D eigenvalue weighted by atomic mass is 32.2. The van der Waals surface area contributed by atoms with Crippen LogP contribution in [0.3, 0.4) is 0 Å². The van der Waals surface area contributed by atoms with E-state index in [1.165, 1.54) is 79.9 Å². The average Bonchev–Trinajstić information content (AvgIpc) is 2.78. The average molecular weight is 442 g/mol. The van der Waals surface area contributed by atoms with E-state index in [1.54, 1.807) is 0 Å². The SMILES string of the molecule is COc1ccc(S(=O)(=O)c2ncccc2N(C)c2c(C(=O)O)cccc2C(=O)O)cc1. The summed E-state index contributed by atoms with van der Waals surface area (Å²) >= 11 is 0. The lowest BCUT2D eigenvalue weighted by atomic mass is 10.1. The lowest BCUT2D eigenvalue weighted by molar-refractivity contribution is 0.0696. The van der Waals surface area contributed by atoms with Crippen LogP contribution in [0.1, 0.15) is 20.7 Å². The van der Waals surface area contributed by atoms with Gasteiger partial charge in [0.1, 0.15) is 5.75 Å². The Morgan fingerprint density at radius 2 is 1.52 bits per heavy atom. The molecule has 0 bridgehead atoms. The number of hydrogen-bond acceptors (Lipinski definition) is 7. The Bertz CT molecular complexity index is 1220. The molecule has 1 aromatic heterocycles. The first-order chi connectivity index (χ1) is 14.7. The number of methoxy groups -OCH3 is 1. The highest BCUT2D eigenvalue weighted by Crippen LogP contribution is 2.36. The van der Waals surface area contributed by atoms with Crippen LogP contribution in [0.25, 0.3) is 0 Å². The minimum Gasteiger partial charge on any atom is -0.497 e. The van der Waals surface area contributed by atoms with Gasteiger partial charge >= 0.3 is 11.9 Å². The van der Waals surface area contributed by atoms with Crippen molar-refractivity contribution >= 4 is 33.2 Å². The molecule has 0 aliphatic heterocycles. The molecule has 3 aromatic rings. The summed E-state index contributed by atoms with van der Waals surface area (Å²) in [6, 6.07) is 12.4. The van der Waals surface area contributed by atoms with E-state index in [0.717, 1.165) is 0 Å². The molecule has 0 aliphatic carbocycles. The fraction of sp³-hybridized carbons (Fsp3) is 0.0952. The van der Waals surface area contributed by atoms with Crippen LogP contribution in [-0.2, 0) is 9.84 Å². The fourth-order valence-corrected chi connectivity index (χ4v) is 4.48. The van der Waals surface area contributed by atoms with Gasteiger partial charge in [-0.05, 0) is 48.5 Å². The maximum Gasteiger partial charge on any atom is 0.337 e. The van der Waals surface area contributed by atoms with Gasteiger partial charge in [-0.1, -0.05) is 6.07 Å². The lowest BCUT2D eigenvalue weighted by Gasteiger charge is -2.25. The van der Waals surface area contributed by atoms with E-state index in [0.29, 0.717) is 5.75 Å². The number of aromatic nitrogens is 1. The molecule has 0 spiro atoms. The van der Waals surface area contributed by atoms with Crippen LogP contribution in [0.4, 0.5) is 11.4 Å². The van der Waals surface area contributed by atoms with E-state index in [1.807, 2.05) is 0 Å². The van der Waals surface area contributed by atoms with Gasteiger partial charge in [0.2, 0.25) is 9.84 Å². The van der Waals surface area contributed by atoms with E-state index in [-0.39, 0.29) is 32.4 Å². The second kappa shape index (κ2) is 8.44. The standard InChI is InChI=1S/C21H18N2O7S/c1-23(18-15(20(24)25)5-3-6-16(18)21(26)27)17-7-4-12-22-19(17)31(28,29)14-10-8-13(30-2)9-11-14/h3-12H,1-2H3,(H,24,25)(H,26,27). The number of benzene rings is 2. The van der Waals surface area contributed by atoms with Crippen molar-refractivity contribution in [3.8, 4) is 5.75 Å². The molecule has 0 aliphatic rings. The van der Waals surface area contributed by atoms with Crippen molar-refractivity contribution in [2.24, 2.45) is 0 Å². The predicted molar refractivity (Wildman–Crippen MR) is 111 cm³/mol. The summed E-state index contributed by atoms with van der Waals surface area (Å²) in [6.07, 6.45) is 1.29. The van der Waals surface area contributed by atoms with Gasteiger partial charge in [0, 0.05) is 13.2 Å². The van der Waals surface area contributed by atoms with Crippen LogP contribution in [0.5, 0.6) is 5.75 Å². The molecular weight excluding hydrogens is 424 g/mol. The van der Waals surface area contributed by atoms with Gasteiger partial charge in [-0.15, -0.1) is 0 Å². The Kier molecular flexibility index (Phi) is 5.93. The zero-order valence-electron chi connectivity index (χ0n) is 16.5. The molecule has 0 saturated carbocycles. The first-order valence-corrected chi connectivity index (χ1v) is 10.3. The first kappa shape index (κ1) is 21.8. The van der Waals surface area contributed by atoms with Crippen LogP contribution >= 0.6 is 0 Å². The molecule has 1 heterocycles. The quantitative estimate of drug-likeness (QED) is 0.566. The van der Waals surface area contributed by atoms with Gasteiger partial charge in [-0.2, -0.15) is 0 Å². The number of nitrogens with zero attached hydrogens (tertiary/aromatic N) is 2. The third-order valence-electron chi connectivity index (χ3n) is 4.57. The van der Waals surface area contributed by atoms with E-state index >= 15 is 0 Å². The fourth-order valence-electron chi connectivity index (χ4n) is 3.08. The Balaban J connectivity index is 2.21. The van der Waals surface area contributed by atoms with Gasteiger partial charge in [0.05, 0.1) is 34.5 Å². The van der Waals surface area contributed by atoms with Crippen molar-refractivity contribution in [2.75, 3.05) is 19.1 Å². The molecule has 31 heavy (non-hydrogen) atoms. The maximum absolute atomic E-state index is 13.3. The monoisotopic (exact) mass is 442 g/mol. The smallest absolute Gasteiger partial charge is 0.337 e. The number of carboxylic acids is 2. The van der Waals surface area contributed by atoms with E-state index in [9.17, 15) is 28.2 Å². The van der Waals surface area contributed by atoms with Crippen molar-refractivity contribution in [1.82, 2.24) is 4.98 Å². The van der Waals surface area contributed by atoms with E-state index < -0.39 is 21.8 Å². The van der Waals surface area contributed by atoms with Crippen molar-refractivity contribution < 1.29 is 33.0 Å². The second-order valence-corrected chi connectivity index (χ2v) is 8.24. The summed E-state index contributed by atoms with van der Waals surface area (Å²) in [5, 5.41) is 18.8. The van der Waals surface area contributed by atoms with E-state index in [4.69, 9.17) is 4.74 Å². The minimum absolute atomic E-state index is 0.0227. The number of aromatic carboxylic acids is 2. The molecule has 3 rings (SSSR count). The zero-order chi connectivity index (χ0) is 22.8. The molecule has 0 unspecified atom stereocenters. The number of carbonyl (C=O) groups is 2. The van der Waals surface area contributed by atoms with E-state index in [2.05, 4.69) is 4.98 Å². The van der Waals surface area contributed by atoms with Crippen LogP contribution in [0.15, 0.2) is 70.7 Å². The van der Waals surface area contributed by atoms with Gasteiger partial charge in [-0.25, -0.2) is 23.0 Å². The molecule has 9 nitrogen and oxygen atoms in total. The van der Waals surface area contributed by atoms with Crippen molar-refractivity contribution in [1.29, 1.82) is 0 Å². The number of carboxylic acid groups (broad SMARTS) is 2. The largest absolute Gasteiger partial charge is 0.497 e. The number of anilines is 2. The molecule has 10 heteroatoms. The molecule has 0 amide bonds. The Labute approximate surface area is 178 Å². The Morgan fingerprint density at radius 1 is 0.935 bits per heavy atom. The molecule has 2 aromatic carbocycles. The van der Waals surface area contributed by atoms with Crippen molar-refractivity contribution in [3.63, 3.8) is 0 Å². The van der Waals surface area contributed by atoms with Crippen LogP contribution in [0, 0.1) is 0 Å². The first-order valence-electron chi connectivity index (χ1n) is 8.86. The Hall–Kier alpha value is -3.92. The molecule has 0 radical (unpaired) electrons. The molecule has 0 atom stereocenters. The lowest BCUT2D eigenvalue weighted by Crippen LogP contribution is -2.21. The third kappa shape index (κ3) is 4.05. The summed E-state index contributed by atoms with van der Waals surface area (Å²) in [5.41, 5.74) is -0.728. The molecule has 0 fully saturated rings. The number of pyridine rings is 1. The molecule has 2 N–H and O–H groups in total. The molecule has 160 valence electrons. The highest BCUT2D eigenvalue weighted by molar-refractivity contribution is 7.91. The Morgan fingerprint density at radius 3 is 2.03 bits per heavy atom. The van der Waals surface area contributed by atoms with Crippen LogP contribution in [0.2, 0.25) is 0 Å². The zero-order valence-corrected chi connectivity index (χ0v) is 17.3. The van der Waals surface area contributed by atoms with Crippen molar-refractivity contribution in [3.05, 3.63) is 71.9 Å². The topological polar surface area (TPSA) is 134 Å². The van der Waals surface area contributed by atoms with Gasteiger partial charge in [0.15, 0.2) is 5.03 Å². The molecular formula is C21H18N2O7S. The number of hydrogen-bond donors (Lipinski definition) is 2. The second-order valence-electron chi connectivity index (χ2n) is 6.38. The van der Waals surface area contributed by atoms with Gasteiger partial charge in [0.25, 0.3) is 0 Å².